The molecule has 0 aromatic heterocycles. The van der Waals surface area contributed by atoms with Gasteiger partial charge in [-0.15, -0.1) is 0 Å². The third-order valence-corrected chi connectivity index (χ3v) is 2.42. The molecule has 0 spiro atoms. The summed E-state index contributed by atoms with van der Waals surface area (Å²) in [6.45, 7) is 3.22. The third kappa shape index (κ3) is 1.77. The van der Waals surface area contributed by atoms with Crippen molar-refractivity contribution in [3.05, 3.63) is 29.8 Å². The number of aldehydes is 1. The van der Waals surface area contributed by atoms with E-state index in [0.717, 1.165) is 43.8 Å². The van der Waals surface area contributed by atoms with Crippen molar-refractivity contribution in [3.63, 3.8) is 0 Å². The molecule has 1 aromatic carbocycles. The molecule has 1 saturated heterocycles. The van der Waals surface area contributed by atoms with E-state index in [0.29, 0.717) is 0 Å². The lowest BCUT2D eigenvalue weighted by molar-refractivity contribution is 0.111. The van der Waals surface area contributed by atoms with Gasteiger partial charge < -0.3 is 9.64 Å². The Morgan fingerprint density at radius 3 is 2.64 bits per heavy atom. The summed E-state index contributed by atoms with van der Waals surface area (Å²) in [5.74, 6) is 0. The van der Waals surface area contributed by atoms with Crippen LogP contribution in [0.4, 0.5) is 5.69 Å². The SMILES string of the molecule is O=Cc1ccccc1N1CCOCC1. The van der Waals surface area contributed by atoms with Gasteiger partial charge in [-0.3, -0.25) is 4.79 Å². The van der Waals surface area contributed by atoms with Crippen molar-refractivity contribution < 1.29 is 9.53 Å². The first-order valence-corrected chi connectivity index (χ1v) is 4.79. The fourth-order valence-corrected chi connectivity index (χ4v) is 1.68. The number of morpholine rings is 1. The topological polar surface area (TPSA) is 29.5 Å². The Balaban J connectivity index is 2.24. The molecule has 74 valence electrons. The number of anilines is 1. The molecule has 3 heteroatoms. The summed E-state index contributed by atoms with van der Waals surface area (Å²) in [7, 11) is 0. The number of carbonyl (C=O) groups is 1. The quantitative estimate of drug-likeness (QED) is 0.660. The summed E-state index contributed by atoms with van der Waals surface area (Å²) in [6, 6.07) is 7.67. The number of para-hydroxylation sites is 1. The maximum absolute atomic E-state index is 10.8. The largest absolute Gasteiger partial charge is 0.378 e. The van der Waals surface area contributed by atoms with E-state index < -0.39 is 0 Å². The Morgan fingerprint density at radius 2 is 1.93 bits per heavy atom. The van der Waals surface area contributed by atoms with Gasteiger partial charge in [0.05, 0.1) is 13.2 Å². The summed E-state index contributed by atoms with van der Waals surface area (Å²) < 4.78 is 5.26. The molecular weight excluding hydrogens is 178 g/mol. The van der Waals surface area contributed by atoms with E-state index in [1.165, 1.54) is 0 Å². The summed E-state index contributed by atoms with van der Waals surface area (Å²) >= 11 is 0. The van der Waals surface area contributed by atoms with Crippen molar-refractivity contribution >= 4 is 12.0 Å². The maximum Gasteiger partial charge on any atom is 0.152 e. The van der Waals surface area contributed by atoms with Crippen LogP contribution in [0.25, 0.3) is 0 Å². The molecular formula is C11H13NO2. The number of carbonyl (C=O) groups excluding carboxylic acids is 1. The lowest BCUT2D eigenvalue weighted by atomic mass is 10.1. The van der Waals surface area contributed by atoms with Crippen LogP contribution >= 0.6 is 0 Å². The molecule has 0 amide bonds. The second-order valence-electron chi connectivity index (χ2n) is 3.28. The van der Waals surface area contributed by atoms with Crippen molar-refractivity contribution in [2.75, 3.05) is 31.2 Å². The predicted molar refractivity (Wildman–Crippen MR) is 54.9 cm³/mol. The minimum absolute atomic E-state index is 0.743. The van der Waals surface area contributed by atoms with E-state index in [1.807, 2.05) is 24.3 Å². The Bertz CT molecular complexity index is 319. The molecule has 0 atom stereocenters. The number of ether oxygens (including phenoxy) is 1. The zero-order valence-electron chi connectivity index (χ0n) is 7.98. The minimum atomic E-state index is 0.743. The third-order valence-electron chi connectivity index (χ3n) is 2.42. The van der Waals surface area contributed by atoms with Gasteiger partial charge in [-0.1, -0.05) is 12.1 Å². The van der Waals surface area contributed by atoms with Crippen molar-refractivity contribution in [1.82, 2.24) is 0 Å². The Hall–Kier alpha value is -1.35. The first kappa shape index (κ1) is 9.21. The molecule has 0 aliphatic carbocycles. The highest BCUT2D eigenvalue weighted by molar-refractivity contribution is 5.84. The normalized spacial score (nSPS) is 16.7. The average molecular weight is 191 g/mol. The monoisotopic (exact) mass is 191 g/mol. The van der Waals surface area contributed by atoms with Gasteiger partial charge in [0.25, 0.3) is 0 Å². The van der Waals surface area contributed by atoms with Crippen LogP contribution in [-0.2, 0) is 4.74 Å². The highest BCUT2D eigenvalue weighted by atomic mass is 16.5. The summed E-state index contributed by atoms with van der Waals surface area (Å²) in [6.07, 6.45) is 0.908. The van der Waals surface area contributed by atoms with Crippen LogP contribution in [-0.4, -0.2) is 32.6 Å². The van der Waals surface area contributed by atoms with Crippen LogP contribution < -0.4 is 4.90 Å². The van der Waals surface area contributed by atoms with Gasteiger partial charge in [-0.05, 0) is 12.1 Å². The van der Waals surface area contributed by atoms with Crippen LogP contribution in [0.15, 0.2) is 24.3 Å². The van der Waals surface area contributed by atoms with Crippen LogP contribution in [0.2, 0.25) is 0 Å². The van der Waals surface area contributed by atoms with Gasteiger partial charge in [-0.2, -0.15) is 0 Å². The first-order chi connectivity index (χ1) is 6.92. The second-order valence-corrected chi connectivity index (χ2v) is 3.28. The smallest absolute Gasteiger partial charge is 0.152 e. The van der Waals surface area contributed by atoms with Crippen LogP contribution in [0.3, 0.4) is 0 Å². The zero-order valence-corrected chi connectivity index (χ0v) is 7.98. The van der Waals surface area contributed by atoms with Crippen molar-refractivity contribution in [3.8, 4) is 0 Å². The van der Waals surface area contributed by atoms with Gasteiger partial charge in [-0.25, -0.2) is 0 Å². The van der Waals surface area contributed by atoms with Gasteiger partial charge in [0, 0.05) is 24.3 Å². The molecule has 1 aliphatic heterocycles. The average Bonchev–Trinajstić information content (AvgIpc) is 2.30. The van der Waals surface area contributed by atoms with E-state index in [1.54, 1.807) is 0 Å². The van der Waals surface area contributed by atoms with Crippen LogP contribution in [0, 0.1) is 0 Å². The molecule has 0 unspecified atom stereocenters. The van der Waals surface area contributed by atoms with E-state index in [9.17, 15) is 4.79 Å². The number of benzene rings is 1. The Kier molecular flexibility index (Phi) is 2.79. The predicted octanol–water partition coefficient (Wildman–Crippen LogP) is 1.34. The molecule has 1 aromatic rings. The minimum Gasteiger partial charge on any atom is -0.378 e. The standard InChI is InChI=1S/C11H13NO2/c13-9-10-3-1-2-4-11(10)12-5-7-14-8-6-12/h1-4,9H,5-8H2. The molecule has 2 rings (SSSR count). The van der Waals surface area contributed by atoms with Gasteiger partial charge in [0.2, 0.25) is 0 Å². The second kappa shape index (κ2) is 4.24. The molecule has 0 saturated carbocycles. The molecule has 1 heterocycles. The fourth-order valence-electron chi connectivity index (χ4n) is 1.68. The lowest BCUT2D eigenvalue weighted by Crippen LogP contribution is -2.36. The Morgan fingerprint density at radius 1 is 1.21 bits per heavy atom. The molecule has 0 N–H and O–H groups in total. The van der Waals surface area contributed by atoms with Gasteiger partial charge in [0.1, 0.15) is 0 Å². The summed E-state index contributed by atoms with van der Waals surface area (Å²) in [5.41, 5.74) is 1.78. The summed E-state index contributed by atoms with van der Waals surface area (Å²) in [4.78, 5) is 13.0. The van der Waals surface area contributed by atoms with Crippen LogP contribution in [0.5, 0.6) is 0 Å². The zero-order chi connectivity index (χ0) is 9.80. The lowest BCUT2D eigenvalue weighted by Gasteiger charge is -2.29. The van der Waals surface area contributed by atoms with E-state index in [2.05, 4.69) is 4.90 Å². The van der Waals surface area contributed by atoms with Gasteiger partial charge >= 0.3 is 0 Å². The maximum atomic E-state index is 10.8. The number of rotatable bonds is 2. The van der Waals surface area contributed by atoms with Crippen molar-refractivity contribution in [2.45, 2.75) is 0 Å². The molecule has 3 nitrogen and oxygen atoms in total. The fraction of sp³-hybridized carbons (Fsp3) is 0.364. The van der Waals surface area contributed by atoms with E-state index >= 15 is 0 Å². The molecule has 14 heavy (non-hydrogen) atoms. The van der Waals surface area contributed by atoms with E-state index in [-0.39, 0.29) is 0 Å². The molecule has 0 bridgehead atoms. The first-order valence-electron chi connectivity index (χ1n) is 4.79. The number of hydrogen-bond donors (Lipinski definition) is 0. The number of nitrogens with zero attached hydrogens (tertiary/aromatic N) is 1. The van der Waals surface area contributed by atoms with Crippen molar-refractivity contribution in [1.29, 1.82) is 0 Å². The van der Waals surface area contributed by atoms with Crippen molar-refractivity contribution in [2.24, 2.45) is 0 Å². The number of hydrogen-bond acceptors (Lipinski definition) is 3. The molecule has 0 radical (unpaired) electrons. The molecule has 1 fully saturated rings. The highest BCUT2D eigenvalue weighted by Crippen LogP contribution is 2.19. The van der Waals surface area contributed by atoms with Crippen LogP contribution in [0.1, 0.15) is 10.4 Å². The van der Waals surface area contributed by atoms with Gasteiger partial charge in [0.15, 0.2) is 6.29 Å². The highest BCUT2D eigenvalue weighted by Gasteiger charge is 2.13. The summed E-state index contributed by atoms with van der Waals surface area (Å²) in [5, 5.41) is 0. The van der Waals surface area contributed by atoms with E-state index in [4.69, 9.17) is 4.74 Å². The Labute approximate surface area is 83.3 Å². The molecule has 1 aliphatic rings.